The number of hydrogen-bond donors (Lipinski definition) is 0. The average Bonchev–Trinajstić information content (AvgIpc) is 2.75. The Labute approximate surface area is 119 Å². The molecule has 0 saturated heterocycles. The van der Waals surface area contributed by atoms with Crippen molar-refractivity contribution in [3.63, 3.8) is 0 Å². The quantitative estimate of drug-likeness (QED) is 0.685. The second-order valence-electron chi connectivity index (χ2n) is 5.31. The molecule has 0 bridgehead atoms. The van der Waals surface area contributed by atoms with Crippen molar-refractivity contribution < 1.29 is 4.74 Å². The molecule has 0 saturated carbocycles. The smallest absolute Gasteiger partial charge is 0.128 e. The molecule has 3 rings (SSSR count). The summed E-state index contributed by atoms with van der Waals surface area (Å²) in [5.41, 5.74) is 4.99. The molecular formula is C18H19NO. The van der Waals surface area contributed by atoms with Crippen LogP contribution in [0.5, 0.6) is 5.75 Å². The third kappa shape index (κ3) is 2.29. The second-order valence-corrected chi connectivity index (χ2v) is 5.31. The van der Waals surface area contributed by atoms with Gasteiger partial charge in [-0.05, 0) is 43.2 Å². The van der Waals surface area contributed by atoms with E-state index in [1.54, 1.807) is 0 Å². The summed E-state index contributed by atoms with van der Waals surface area (Å²) in [4.78, 5) is 0. The van der Waals surface area contributed by atoms with E-state index in [1.807, 2.05) is 12.1 Å². The Morgan fingerprint density at radius 3 is 2.55 bits per heavy atom. The molecule has 2 heteroatoms. The molecule has 1 heterocycles. The first-order chi connectivity index (χ1) is 9.65. The number of nitrogens with zero attached hydrogens (tertiary/aromatic N) is 1. The van der Waals surface area contributed by atoms with E-state index in [4.69, 9.17) is 4.74 Å². The van der Waals surface area contributed by atoms with E-state index in [-0.39, 0.29) is 0 Å². The maximum atomic E-state index is 5.90. The van der Waals surface area contributed by atoms with Crippen LogP contribution >= 0.6 is 0 Å². The van der Waals surface area contributed by atoms with Crippen LogP contribution in [0, 0.1) is 13.8 Å². The zero-order valence-electron chi connectivity index (χ0n) is 12.2. The number of aromatic nitrogens is 1. The van der Waals surface area contributed by atoms with Crippen molar-refractivity contribution >= 4 is 10.9 Å². The van der Waals surface area contributed by atoms with Crippen molar-refractivity contribution in [3.05, 3.63) is 65.4 Å². The Morgan fingerprint density at radius 2 is 1.80 bits per heavy atom. The van der Waals surface area contributed by atoms with Crippen LogP contribution < -0.4 is 4.74 Å². The van der Waals surface area contributed by atoms with Gasteiger partial charge in [-0.2, -0.15) is 0 Å². The molecule has 2 nitrogen and oxygen atoms in total. The molecule has 0 spiro atoms. The predicted octanol–water partition coefficient (Wildman–Crippen LogP) is 4.37. The molecule has 1 aromatic heterocycles. The van der Waals surface area contributed by atoms with Crippen molar-refractivity contribution in [3.8, 4) is 5.75 Å². The molecule has 0 N–H and O–H groups in total. The molecule has 3 aromatic rings. The van der Waals surface area contributed by atoms with Crippen LogP contribution in [0.1, 0.15) is 16.8 Å². The molecular weight excluding hydrogens is 246 g/mol. The van der Waals surface area contributed by atoms with Crippen molar-refractivity contribution in [1.29, 1.82) is 0 Å². The summed E-state index contributed by atoms with van der Waals surface area (Å²) >= 11 is 0. The third-order valence-corrected chi connectivity index (χ3v) is 3.73. The maximum absolute atomic E-state index is 5.90. The second kappa shape index (κ2) is 5.04. The van der Waals surface area contributed by atoms with E-state index in [1.165, 1.54) is 27.7 Å². The summed E-state index contributed by atoms with van der Waals surface area (Å²) in [6.07, 6.45) is 0. The zero-order valence-corrected chi connectivity index (χ0v) is 12.2. The largest absolute Gasteiger partial charge is 0.487 e. The van der Waals surface area contributed by atoms with Gasteiger partial charge in [0.1, 0.15) is 12.4 Å². The standard InChI is InChI=1S/C18H19NO/c1-13-6-4-9-17(10-13)20-12-16-11-15-8-5-7-14(2)18(15)19(16)3/h4-11H,12H2,1-3H3. The number of fused-ring (bicyclic) bond motifs is 1. The summed E-state index contributed by atoms with van der Waals surface area (Å²) < 4.78 is 8.12. The fraction of sp³-hybridized carbons (Fsp3) is 0.222. The molecule has 0 radical (unpaired) electrons. The highest BCUT2D eigenvalue weighted by Crippen LogP contribution is 2.23. The number of para-hydroxylation sites is 1. The highest BCUT2D eigenvalue weighted by atomic mass is 16.5. The Hall–Kier alpha value is -2.22. The predicted molar refractivity (Wildman–Crippen MR) is 83.2 cm³/mol. The first kappa shape index (κ1) is 12.8. The van der Waals surface area contributed by atoms with E-state index >= 15 is 0 Å². The van der Waals surface area contributed by atoms with E-state index in [0.29, 0.717) is 6.61 Å². The van der Waals surface area contributed by atoms with Gasteiger partial charge >= 0.3 is 0 Å². The maximum Gasteiger partial charge on any atom is 0.128 e. The summed E-state index contributed by atoms with van der Waals surface area (Å²) in [6.45, 7) is 4.81. The highest BCUT2D eigenvalue weighted by molar-refractivity contribution is 5.84. The number of aryl methyl sites for hydroxylation is 3. The van der Waals surface area contributed by atoms with Gasteiger partial charge in [0.15, 0.2) is 0 Å². The van der Waals surface area contributed by atoms with Gasteiger partial charge in [0.05, 0.1) is 11.2 Å². The molecule has 102 valence electrons. The molecule has 0 fully saturated rings. The minimum atomic E-state index is 0.591. The Kier molecular flexibility index (Phi) is 3.23. The minimum Gasteiger partial charge on any atom is -0.487 e. The summed E-state index contributed by atoms with van der Waals surface area (Å²) in [5.74, 6) is 0.923. The number of hydrogen-bond acceptors (Lipinski definition) is 1. The Morgan fingerprint density at radius 1 is 1.00 bits per heavy atom. The third-order valence-electron chi connectivity index (χ3n) is 3.73. The van der Waals surface area contributed by atoms with Crippen LogP contribution in [0.3, 0.4) is 0 Å². The van der Waals surface area contributed by atoms with Gasteiger partial charge in [0.2, 0.25) is 0 Å². The first-order valence-corrected chi connectivity index (χ1v) is 6.88. The number of rotatable bonds is 3. The van der Waals surface area contributed by atoms with Crippen LogP contribution in [-0.4, -0.2) is 4.57 Å². The Bertz CT molecular complexity index is 755. The molecule has 0 amide bonds. The van der Waals surface area contributed by atoms with Crippen molar-refractivity contribution in [2.75, 3.05) is 0 Å². The minimum absolute atomic E-state index is 0.591. The van der Waals surface area contributed by atoms with Crippen molar-refractivity contribution in [2.45, 2.75) is 20.5 Å². The van der Waals surface area contributed by atoms with Crippen LogP contribution in [0.25, 0.3) is 10.9 Å². The molecule has 2 aromatic carbocycles. The van der Waals surface area contributed by atoms with Crippen molar-refractivity contribution in [1.82, 2.24) is 4.57 Å². The lowest BCUT2D eigenvalue weighted by Crippen LogP contribution is -2.02. The first-order valence-electron chi connectivity index (χ1n) is 6.88. The zero-order chi connectivity index (χ0) is 14.1. The fourth-order valence-electron chi connectivity index (χ4n) is 2.68. The van der Waals surface area contributed by atoms with Gasteiger partial charge in [-0.25, -0.2) is 0 Å². The van der Waals surface area contributed by atoms with Gasteiger partial charge in [-0.1, -0.05) is 30.3 Å². The molecule has 20 heavy (non-hydrogen) atoms. The van der Waals surface area contributed by atoms with E-state index in [0.717, 1.165) is 5.75 Å². The van der Waals surface area contributed by atoms with E-state index < -0.39 is 0 Å². The lowest BCUT2D eigenvalue weighted by atomic mass is 10.2. The SMILES string of the molecule is Cc1cccc(OCc2cc3cccc(C)c3n2C)c1. The average molecular weight is 265 g/mol. The lowest BCUT2D eigenvalue weighted by molar-refractivity contribution is 0.297. The van der Waals surface area contributed by atoms with Gasteiger partial charge in [-0.15, -0.1) is 0 Å². The highest BCUT2D eigenvalue weighted by Gasteiger charge is 2.08. The molecule has 0 aliphatic heterocycles. The lowest BCUT2D eigenvalue weighted by Gasteiger charge is -2.08. The van der Waals surface area contributed by atoms with Gasteiger partial charge in [0.25, 0.3) is 0 Å². The van der Waals surface area contributed by atoms with E-state index in [9.17, 15) is 0 Å². The molecule has 0 aliphatic carbocycles. The molecule has 0 atom stereocenters. The molecule has 0 aliphatic rings. The van der Waals surface area contributed by atoms with Gasteiger partial charge in [0, 0.05) is 12.4 Å². The number of ether oxygens (including phenoxy) is 1. The topological polar surface area (TPSA) is 14.2 Å². The fourth-order valence-corrected chi connectivity index (χ4v) is 2.68. The van der Waals surface area contributed by atoms with E-state index in [2.05, 4.69) is 61.9 Å². The normalized spacial score (nSPS) is 10.9. The van der Waals surface area contributed by atoms with Crippen LogP contribution in [-0.2, 0) is 13.7 Å². The monoisotopic (exact) mass is 265 g/mol. The Balaban J connectivity index is 1.88. The molecule has 0 unspecified atom stereocenters. The van der Waals surface area contributed by atoms with Crippen LogP contribution in [0.15, 0.2) is 48.5 Å². The summed E-state index contributed by atoms with van der Waals surface area (Å²) in [7, 11) is 2.10. The summed E-state index contributed by atoms with van der Waals surface area (Å²) in [5, 5.41) is 1.27. The van der Waals surface area contributed by atoms with Crippen molar-refractivity contribution in [2.24, 2.45) is 7.05 Å². The van der Waals surface area contributed by atoms with Gasteiger partial charge in [-0.3, -0.25) is 0 Å². The summed E-state index contributed by atoms with van der Waals surface area (Å²) in [6, 6.07) is 16.8. The van der Waals surface area contributed by atoms with Crippen LogP contribution in [0.4, 0.5) is 0 Å². The van der Waals surface area contributed by atoms with Crippen LogP contribution in [0.2, 0.25) is 0 Å². The van der Waals surface area contributed by atoms with Gasteiger partial charge < -0.3 is 9.30 Å². The number of benzene rings is 2.